The molecule has 2 heterocycles. The molecule has 0 spiro atoms. The highest BCUT2D eigenvalue weighted by Gasteiger charge is 2.22. The van der Waals surface area contributed by atoms with Gasteiger partial charge in [-0.3, -0.25) is 0 Å². The van der Waals surface area contributed by atoms with Gasteiger partial charge in [-0.15, -0.1) is 5.10 Å². The molecular formula is C19H14ClN7OS. The molecule has 0 saturated carbocycles. The van der Waals surface area contributed by atoms with Gasteiger partial charge < -0.3 is 10.1 Å². The smallest absolute Gasteiger partial charge is 0.214 e. The van der Waals surface area contributed by atoms with Crippen LogP contribution in [0.25, 0.3) is 22.3 Å². The highest BCUT2D eigenvalue weighted by molar-refractivity contribution is 7.99. The molecule has 2 aromatic carbocycles. The third-order valence-electron chi connectivity index (χ3n) is 4.16. The number of thioether (sulfide) groups is 1. The first-order valence-corrected chi connectivity index (χ1v) is 9.82. The molecule has 1 atom stereocenters. The number of fused-ring (bicyclic) bond motifs is 1. The second-order valence-corrected chi connectivity index (χ2v) is 7.83. The molecule has 2 N–H and O–H groups in total. The Bertz CT molecular complexity index is 1220. The van der Waals surface area contributed by atoms with E-state index in [1.165, 1.54) is 16.4 Å². The topological polar surface area (TPSA) is 116 Å². The van der Waals surface area contributed by atoms with Crippen LogP contribution in [-0.2, 0) is 0 Å². The van der Waals surface area contributed by atoms with Crippen molar-refractivity contribution in [3.8, 4) is 11.8 Å². The third kappa shape index (κ3) is 3.81. The summed E-state index contributed by atoms with van der Waals surface area (Å²) in [5.41, 5.74) is 2.27. The summed E-state index contributed by atoms with van der Waals surface area (Å²) in [5.74, 6) is 0.199. The Morgan fingerprint density at radius 1 is 1.28 bits per heavy atom. The fourth-order valence-electron chi connectivity index (χ4n) is 2.74. The number of nitrogens with one attached hydrogen (secondary N) is 1. The van der Waals surface area contributed by atoms with Crippen molar-refractivity contribution in [1.29, 1.82) is 5.26 Å². The maximum atomic E-state index is 10.7. The summed E-state index contributed by atoms with van der Waals surface area (Å²) in [6.45, 7) is 1.76. The minimum absolute atomic E-state index is 0.0722. The monoisotopic (exact) mass is 423 g/mol. The van der Waals surface area contributed by atoms with E-state index < -0.39 is 5.25 Å². The average Bonchev–Trinajstić information content (AvgIpc) is 3.35. The number of aliphatic hydroxyl groups excluding tert-OH is 1. The minimum Gasteiger partial charge on any atom is -0.510 e. The number of H-pyrrole nitrogens is 1. The second-order valence-electron chi connectivity index (χ2n) is 6.09. The first-order chi connectivity index (χ1) is 14.1. The van der Waals surface area contributed by atoms with E-state index in [1.54, 1.807) is 25.1 Å². The van der Waals surface area contributed by atoms with Crippen molar-refractivity contribution in [3.63, 3.8) is 0 Å². The number of benzene rings is 2. The van der Waals surface area contributed by atoms with Crippen molar-refractivity contribution in [1.82, 2.24) is 30.2 Å². The predicted molar refractivity (Wildman–Crippen MR) is 111 cm³/mol. The van der Waals surface area contributed by atoms with E-state index in [2.05, 4.69) is 25.5 Å². The van der Waals surface area contributed by atoms with Crippen LogP contribution in [0.5, 0.6) is 0 Å². The number of halogens is 1. The molecule has 0 aliphatic heterocycles. The fraction of sp³-hybridized carbons (Fsp3) is 0.105. The molecule has 0 radical (unpaired) electrons. The molecule has 1 unspecified atom stereocenters. The van der Waals surface area contributed by atoms with E-state index in [1.807, 2.05) is 36.4 Å². The Balaban J connectivity index is 1.65. The molecule has 0 saturated heterocycles. The fourth-order valence-corrected chi connectivity index (χ4v) is 3.80. The third-order valence-corrected chi connectivity index (χ3v) is 5.43. The highest BCUT2D eigenvalue weighted by atomic mass is 35.5. The lowest BCUT2D eigenvalue weighted by atomic mass is 10.2. The Hall–Kier alpha value is -3.35. The maximum absolute atomic E-state index is 10.7. The van der Waals surface area contributed by atoms with Gasteiger partial charge >= 0.3 is 0 Å². The number of aromatic amines is 1. The second kappa shape index (κ2) is 7.95. The van der Waals surface area contributed by atoms with E-state index >= 15 is 0 Å². The van der Waals surface area contributed by atoms with Crippen LogP contribution in [0.1, 0.15) is 12.7 Å². The molecule has 10 heteroatoms. The van der Waals surface area contributed by atoms with Crippen LogP contribution in [0.15, 0.2) is 59.4 Å². The average molecular weight is 424 g/mol. The van der Waals surface area contributed by atoms with Crippen molar-refractivity contribution in [3.05, 3.63) is 65.1 Å². The lowest BCUT2D eigenvalue weighted by molar-refractivity contribution is 0.401. The van der Waals surface area contributed by atoms with E-state index in [0.717, 1.165) is 5.52 Å². The molecule has 0 aliphatic carbocycles. The van der Waals surface area contributed by atoms with Gasteiger partial charge in [0, 0.05) is 5.02 Å². The number of hydrogen-bond donors (Lipinski definition) is 2. The molecule has 8 nitrogen and oxygen atoms in total. The number of aliphatic hydroxyl groups is 1. The van der Waals surface area contributed by atoms with Gasteiger partial charge in [0.15, 0.2) is 5.82 Å². The van der Waals surface area contributed by atoms with Crippen LogP contribution < -0.4 is 0 Å². The first-order valence-electron chi connectivity index (χ1n) is 8.56. The summed E-state index contributed by atoms with van der Waals surface area (Å²) in [4.78, 5) is 7.46. The predicted octanol–water partition coefficient (Wildman–Crippen LogP) is 4.17. The molecule has 0 bridgehead atoms. The maximum Gasteiger partial charge on any atom is 0.214 e. The Kier molecular flexibility index (Phi) is 5.20. The van der Waals surface area contributed by atoms with Crippen molar-refractivity contribution in [2.24, 2.45) is 0 Å². The zero-order chi connectivity index (χ0) is 20.4. The van der Waals surface area contributed by atoms with Crippen LogP contribution in [0.2, 0.25) is 5.02 Å². The Labute approximate surface area is 174 Å². The van der Waals surface area contributed by atoms with E-state index in [-0.39, 0.29) is 11.3 Å². The quantitative estimate of drug-likeness (QED) is 0.281. The van der Waals surface area contributed by atoms with Crippen LogP contribution >= 0.6 is 23.4 Å². The van der Waals surface area contributed by atoms with Crippen molar-refractivity contribution < 1.29 is 5.11 Å². The van der Waals surface area contributed by atoms with E-state index in [0.29, 0.717) is 27.2 Å². The van der Waals surface area contributed by atoms with Crippen LogP contribution in [0, 0.1) is 11.3 Å². The van der Waals surface area contributed by atoms with Crippen molar-refractivity contribution >= 4 is 40.0 Å². The molecule has 0 amide bonds. The van der Waals surface area contributed by atoms with Gasteiger partial charge in [0.25, 0.3) is 0 Å². The molecular weight excluding hydrogens is 410 g/mol. The number of para-hydroxylation sites is 2. The summed E-state index contributed by atoms with van der Waals surface area (Å²) >= 11 is 7.26. The number of nitriles is 1. The Morgan fingerprint density at radius 3 is 2.86 bits per heavy atom. The number of tetrazole rings is 1. The summed E-state index contributed by atoms with van der Waals surface area (Å²) < 4.78 is 1.52. The van der Waals surface area contributed by atoms with Gasteiger partial charge in [0.2, 0.25) is 5.16 Å². The van der Waals surface area contributed by atoms with Gasteiger partial charge in [-0.1, -0.05) is 41.6 Å². The molecule has 29 heavy (non-hydrogen) atoms. The summed E-state index contributed by atoms with van der Waals surface area (Å²) in [6.07, 6.45) is 0. The minimum atomic E-state index is -0.498. The van der Waals surface area contributed by atoms with Crippen LogP contribution in [0.4, 0.5) is 0 Å². The van der Waals surface area contributed by atoms with Crippen molar-refractivity contribution in [2.45, 2.75) is 17.3 Å². The summed E-state index contributed by atoms with van der Waals surface area (Å²) in [5, 5.41) is 32.6. The zero-order valence-electron chi connectivity index (χ0n) is 15.1. The number of hydrogen-bond acceptors (Lipinski definition) is 7. The molecule has 0 aliphatic rings. The lowest BCUT2D eigenvalue weighted by Crippen LogP contribution is -2.07. The van der Waals surface area contributed by atoms with Gasteiger partial charge in [-0.05, 0) is 47.7 Å². The number of allylic oxidation sites excluding steroid dienone is 1. The normalized spacial score (nSPS) is 13.1. The lowest BCUT2D eigenvalue weighted by Gasteiger charge is -2.11. The SMILES string of the molecule is CC(Sc1nnnn1-c1cccc(Cl)c1)/C(O)=C(\C#N)c1nc2ccccc2[nH]1. The van der Waals surface area contributed by atoms with Gasteiger partial charge in [0.1, 0.15) is 17.4 Å². The standard InChI is InChI=1S/C19H14ClN7OS/c1-11(29-19-24-25-26-27(19)13-6-4-5-12(20)9-13)17(28)14(10-21)18-22-15-7-2-3-8-16(15)23-18/h2-9,11,28H,1H3,(H,22,23)/b17-14-. The number of rotatable bonds is 5. The number of nitrogens with zero attached hydrogens (tertiary/aromatic N) is 6. The summed E-state index contributed by atoms with van der Waals surface area (Å²) in [6, 6.07) is 16.6. The summed E-state index contributed by atoms with van der Waals surface area (Å²) in [7, 11) is 0. The molecule has 0 fully saturated rings. The van der Waals surface area contributed by atoms with E-state index in [4.69, 9.17) is 11.6 Å². The largest absolute Gasteiger partial charge is 0.510 e. The van der Waals surface area contributed by atoms with Crippen molar-refractivity contribution in [2.75, 3.05) is 0 Å². The zero-order valence-corrected chi connectivity index (χ0v) is 16.7. The van der Waals surface area contributed by atoms with E-state index in [9.17, 15) is 10.4 Å². The molecule has 144 valence electrons. The first kappa shape index (κ1) is 19.0. The number of imidazole rings is 1. The molecule has 4 aromatic rings. The van der Waals surface area contributed by atoms with Gasteiger partial charge in [0.05, 0.1) is 22.0 Å². The molecule has 2 aromatic heterocycles. The number of aromatic nitrogens is 6. The van der Waals surface area contributed by atoms with Gasteiger partial charge in [-0.25, -0.2) is 4.98 Å². The molecule has 4 rings (SSSR count). The van der Waals surface area contributed by atoms with Crippen LogP contribution in [-0.4, -0.2) is 40.5 Å². The Morgan fingerprint density at radius 2 is 2.10 bits per heavy atom. The van der Waals surface area contributed by atoms with Gasteiger partial charge in [-0.2, -0.15) is 9.94 Å². The van der Waals surface area contributed by atoms with Crippen LogP contribution in [0.3, 0.4) is 0 Å². The highest BCUT2D eigenvalue weighted by Crippen LogP contribution is 2.30.